The van der Waals surface area contributed by atoms with E-state index in [9.17, 15) is 9.18 Å². The second-order valence-corrected chi connectivity index (χ2v) is 8.75. The molecule has 3 aliphatic rings. The van der Waals surface area contributed by atoms with Crippen LogP contribution >= 0.6 is 0 Å². The third kappa shape index (κ3) is 2.44. The van der Waals surface area contributed by atoms with Crippen LogP contribution in [-0.2, 0) is 9.53 Å². The quantitative estimate of drug-likeness (QED) is 0.890. The molecule has 2 saturated carbocycles. The summed E-state index contributed by atoms with van der Waals surface area (Å²) in [5, 5.41) is 3.36. The molecule has 1 aromatic carbocycles. The van der Waals surface area contributed by atoms with Crippen LogP contribution in [0.1, 0.15) is 58.1 Å². The molecular formula is C21H28FNO2. The highest BCUT2D eigenvalue weighted by Gasteiger charge is 2.68. The Hall–Kier alpha value is -1.42. The van der Waals surface area contributed by atoms with Crippen LogP contribution in [0.15, 0.2) is 24.3 Å². The van der Waals surface area contributed by atoms with E-state index in [2.05, 4.69) is 19.2 Å². The molecular weight excluding hydrogens is 317 g/mol. The molecule has 1 aromatic rings. The van der Waals surface area contributed by atoms with Gasteiger partial charge in [0, 0.05) is 19.1 Å². The first kappa shape index (κ1) is 17.0. The number of fused-ring (bicyclic) bond motifs is 1. The minimum absolute atomic E-state index is 0.0634. The fraction of sp³-hybridized carbons (Fsp3) is 0.667. The predicted octanol–water partition coefficient (Wildman–Crippen LogP) is 4.23. The first-order valence-electron chi connectivity index (χ1n) is 9.55. The summed E-state index contributed by atoms with van der Waals surface area (Å²) < 4.78 is 19.9. The Balaban J connectivity index is 1.70. The molecule has 1 amide bonds. The molecule has 5 atom stereocenters. The summed E-state index contributed by atoms with van der Waals surface area (Å²) in [6, 6.07) is 7.01. The summed E-state index contributed by atoms with van der Waals surface area (Å²) in [5.74, 6) is 0.855. The smallest absolute Gasteiger partial charge is 0.219 e. The van der Waals surface area contributed by atoms with Crippen LogP contribution in [0.3, 0.4) is 0 Å². The van der Waals surface area contributed by atoms with Gasteiger partial charge in [0.25, 0.3) is 0 Å². The van der Waals surface area contributed by atoms with E-state index in [0.717, 1.165) is 24.8 Å². The van der Waals surface area contributed by atoms with Crippen molar-refractivity contribution in [2.45, 2.75) is 58.6 Å². The van der Waals surface area contributed by atoms with Crippen molar-refractivity contribution < 1.29 is 13.9 Å². The number of carbonyl (C=O) groups is 1. The molecule has 1 saturated heterocycles. The van der Waals surface area contributed by atoms with Gasteiger partial charge in [-0.1, -0.05) is 32.9 Å². The van der Waals surface area contributed by atoms with E-state index in [1.54, 1.807) is 12.1 Å². The molecule has 2 aliphatic carbocycles. The van der Waals surface area contributed by atoms with Gasteiger partial charge in [-0.25, -0.2) is 4.39 Å². The van der Waals surface area contributed by atoms with E-state index in [4.69, 9.17) is 4.74 Å². The number of nitrogens with one attached hydrogen (secondary N) is 1. The van der Waals surface area contributed by atoms with Gasteiger partial charge in [0.15, 0.2) is 0 Å². The zero-order valence-corrected chi connectivity index (χ0v) is 15.3. The van der Waals surface area contributed by atoms with Gasteiger partial charge in [0.05, 0.1) is 6.10 Å². The molecule has 0 aromatic heterocycles. The van der Waals surface area contributed by atoms with E-state index in [0.29, 0.717) is 24.9 Å². The highest BCUT2D eigenvalue weighted by atomic mass is 19.1. The third-order valence-electron chi connectivity index (χ3n) is 7.31. The number of ether oxygens (including phenoxy) is 1. The lowest BCUT2D eigenvalue weighted by atomic mass is 9.59. The van der Waals surface area contributed by atoms with Crippen molar-refractivity contribution in [3.05, 3.63) is 35.6 Å². The van der Waals surface area contributed by atoms with Gasteiger partial charge in [-0.15, -0.1) is 0 Å². The van der Waals surface area contributed by atoms with E-state index < -0.39 is 0 Å². The molecule has 136 valence electrons. The number of hydrogen-bond donors (Lipinski definition) is 1. The Morgan fingerprint density at radius 3 is 2.92 bits per heavy atom. The second kappa shape index (κ2) is 5.80. The van der Waals surface area contributed by atoms with Gasteiger partial charge >= 0.3 is 0 Å². The molecule has 1 unspecified atom stereocenters. The van der Waals surface area contributed by atoms with Gasteiger partial charge < -0.3 is 10.1 Å². The third-order valence-corrected chi connectivity index (χ3v) is 7.31. The molecule has 25 heavy (non-hydrogen) atoms. The molecule has 0 radical (unpaired) electrons. The number of carbonyl (C=O) groups excluding carboxylic acids is 1. The Bertz CT molecular complexity index is 688. The first-order chi connectivity index (χ1) is 11.9. The second-order valence-electron chi connectivity index (χ2n) is 8.75. The Kier molecular flexibility index (Phi) is 3.95. The normalized spacial score (nSPS) is 38.4. The lowest BCUT2D eigenvalue weighted by Gasteiger charge is -2.53. The van der Waals surface area contributed by atoms with Crippen LogP contribution in [0.5, 0.6) is 0 Å². The first-order valence-corrected chi connectivity index (χ1v) is 9.55. The maximum absolute atomic E-state index is 13.8. The minimum Gasteiger partial charge on any atom is -0.373 e. The van der Waals surface area contributed by atoms with Crippen LogP contribution in [0.25, 0.3) is 0 Å². The fourth-order valence-corrected chi connectivity index (χ4v) is 6.06. The average molecular weight is 345 g/mol. The highest BCUT2D eigenvalue weighted by Crippen LogP contribution is 2.70. The monoisotopic (exact) mass is 345 g/mol. The number of rotatable bonds is 3. The molecule has 2 bridgehead atoms. The van der Waals surface area contributed by atoms with Crippen LogP contribution in [0.2, 0.25) is 0 Å². The molecule has 1 N–H and O–H groups in total. The molecule has 4 rings (SSSR count). The Morgan fingerprint density at radius 1 is 1.40 bits per heavy atom. The summed E-state index contributed by atoms with van der Waals surface area (Å²) in [7, 11) is 0. The standard InChI is InChI=1S/C21H28FNO2/c1-4-17(24)23-19-20(2,3)14-11-16-18(13-6-5-7-15(22)10-13)25-9-8-21(16,19)12-14/h5-7,10,14,16,18-19H,4,8-9,11-12H2,1-3H3,(H,23,24)/t14-,16-,18-,19-,21?/m1/s1. The summed E-state index contributed by atoms with van der Waals surface area (Å²) in [6.45, 7) is 7.19. The average Bonchev–Trinajstić information content (AvgIpc) is 3.07. The summed E-state index contributed by atoms with van der Waals surface area (Å²) in [5.41, 5.74) is 1.12. The molecule has 1 heterocycles. The zero-order valence-electron chi connectivity index (χ0n) is 15.3. The number of hydrogen-bond acceptors (Lipinski definition) is 2. The van der Waals surface area contributed by atoms with Crippen molar-refractivity contribution in [3.63, 3.8) is 0 Å². The van der Waals surface area contributed by atoms with Crippen molar-refractivity contribution in [2.24, 2.45) is 22.7 Å². The van der Waals surface area contributed by atoms with Crippen molar-refractivity contribution in [1.82, 2.24) is 5.32 Å². The summed E-state index contributed by atoms with van der Waals surface area (Å²) in [4.78, 5) is 12.2. The van der Waals surface area contributed by atoms with Crippen LogP contribution < -0.4 is 5.32 Å². The Morgan fingerprint density at radius 2 is 2.20 bits per heavy atom. The van der Waals surface area contributed by atoms with Crippen molar-refractivity contribution in [2.75, 3.05) is 6.61 Å². The molecule has 3 fully saturated rings. The fourth-order valence-electron chi connectivity index (χ4n) is 6.06. The number of benzene rings is 1. The van der Waals surface area contributed by atoms with Gasteiger partial charge in [-0.05, 0) is 59.6 Å². The predicted molar refractivity (Wildman–Crippen MR) is 94.4 cm³/mol. The molecule has 4 heteroatoms. The van der Waals surface area contributed by atoms with Crippen LogP contribution in [0, 0.1) is 28.5 Å². The van der Waals surface area contributed by atoms with E-state index >= 15 is 0 Å². The van der Waals surface area contributed by atoms with Crippen molar-refractivity contribution >= 4 is 5.91 Å². The van der Waals surface area contributed by atoms with Gasteiger partial charge in [0.2, 0.25) is 5.91 Å². The number of amides is 1. The molecule has 1 spiro atoms. The largest absolute Gasteiger partial charge is 0.373 e. The Labute approximate surface area is 149 Å². The van der Waals surface area contributed by atoms with Crippen LogP contribution in [0.4, 0.5) is 4.39 Å². The highest BCUT2D eigenvalue weighted by molar-refractivity contribution is 5.76. The van der Waals surface area contributed by atoms with Gasteiger partial charge in [-0.3, -0.25) is 4.79 Å². The minimum atomic E-state index is -0.208. The van der Waals surface area contributed by atoms with Crippen molar-refractivity contribution in [3.8, 4) is 0 Å². The van der Waals surface area contributed by atoms with Gasteiger partial charge in [0.1, 0.15) is 5.82 Å². The van der Waals surface area contributed by atoms with E-state index in [1.165, 1.54) is 6.07 Å². The summed E-state index contributed by atoms with van der Waals surface area (Å²) in [6.07, 6.45) is 3.69. The van der Waals surface area contributed by atoms with Gasteiger partial charge in [-0.2, -0.15) is 0 Å². The van der Waals surface area contributed by atoms with E-state index in [-0.39, 0.29) is 34.7 Å². The van der Waals surface area contributed by atoms with Crippen LogP contribution in [-0.4, -0.2) is 18.6 Å². The maximum Gasteiger partial charge on any atom is 0.219 e. The van der Waals surface area contributed by atoms with E-state index in [1.807, 2.05) is 13.0 Å². The topological polar surface area (TPSA) is 38.3 Å². The zero-order chi connectivity index (χ0) is 17.8. The SMILES string of the molecule is CCC(=O)N[C@@H]1C(C)(C)[C@@H]2C[C@@H]3[C@@H](c4cccc(F)c4)OCCC31C2. The molecule has 3 nitrogen and oxygen atoms in total. The lowest BCUT2D eigenvalue weighted by Crippen LogP contribution is -2.58. The molecule has 1 aliphatic heterocycles. The summed E-state index contributed by atoms with van der Waals surface area (Å²) >= 11 is 0. The van der Waals surface area contributed by atoms with Crippen molar-refractivity contribution in [1.29, 1.82) is 0 Å². The number of halogens is 1. The maximum atomic E-state index is 13.8. The lowest BCUT2D eigenvalue weighted by molar-refractivity contribution is -0.137.